The van der Waals surface area contributed by atoms with E-state index in [4.69, 9.17) is 27.9 Å². The molecule has 5 heteroatoms. The lowest BCUT2D eigenvalue weighted by Crippen LogP contribution is -2.32. The SMILES string of the molecule is CC[C@@H](Oc1ccc(C)c(C)c1)C(=O)Nc1ccc(Cl)c(Cl)c1. The average Bonchev–Trinajstić information content (AvgIpc) is 2.52. The lowest BCUT2D eigenvalue weighted by Gasteiger charge is -2.18. The molecule has 3 nitrogen and oxygen atoms in total. The first-order valence-electron chi connectivity index (χ1n) is 7.40. The average molecular weight is 352 g/mol. The predicted octanol–water partition coefficient (Wildman–Crippen LogP) is 5.41. The van der Waals surface area contributed by atoms with Crippen molar-refractivity contribution in [2.75, 3.05) is 5.32 Å². The summed E-state index contributed by atoms with van der Waals surface area (Å²) in [6.45, 7) is 5.95. The van der Waals surface area contributed by atoms with Crippen molar-refractivity contribution in [3.8, 4) is 5.75 Å². The van der Waals surface area contributed by atoms with Crippen LogP contribution in [0.25, 0.3) is 0 Å². The van der Waals surface area contributed by atoms with E-state index in [1.165, 1.54) is 5.56 Å². The maximum atomic E-state index is 12.4. The van der Waals surface area contributed by atoms with Crippen LogP contribution < -0.4 is 10.1 Å². The Balaban J connectivity index is 2.08. The Kier molecular flexibility index (Phi) is 5.91. The van der Waals surface area contributed by atoms with E-state index < -0.39 is 6.10 Å². The summed E-state index contributed by atoms with van der Waals surface area (Å²) in [6.07, 6.45) is -0.0216. The standard InChI is InChI=1S/C18H19Cl2NO2/c1-4-17(23-14-7-5-11(2)12(3)9-14)18(22)21-13-6-8-15(19)16(20)10-13/h5-10,17H,4H2,1-3H3,(H,21,22)/t17-/m1/s1. The van der Waals surface area contributed by atoms with Gasteiger partial charge in [-0.25, -0.2) is 0 Å². The molecule has 122 valence electrons. The topological polar surface area (TPSA) is 38.3 Å². The van der Waals surface area contributed by atoms with Gasteiger partial charge in [-0.3, -0.25) is 4.79 Å². The van der Waals surface area contributed by atoms with Crippen molar-refractivity contribution in [1.82, 2.24) is 0 Å². The number of ether oxygens (including phenoxy) is 1. The Morgan fingerprint density at radius 3 is 2.43 bits per heavy atom. The fourth-order valence-electron chi connectivity index (χ4n) is 2.07. The third-order valence-electron chi connectivity index (χ3n) is 3.61. The molecule has 1 N–H and O–H groups in total. The van der Waals surface area contributed by atoms with Crippen LogP contribution in [0.3, 0.4) is 0 Å². The molecule has 0 aromatic heterocycles. The van der Waals surface area contributed by atoms with Crippen LogP contribution in [0.2, 0.25) is 10.0 Å². The highest BCUT2D eigenvalue weighted by molar-refractivity contribution is 6.42. The monoisotopic (exact) mass is 351 g/mol. The lowest BCUT2D eigenvalue weighted by atomic mass is 10.1. The van der Waals surface area contributed by atoms with Gasteiger partial charge in [-0.2, -0.15) is 0 Å². The molecule has 0 unspecified atom stereocenters. The van der Waals surface area contributed by atoms with Crippen molar-refractivity contribution >= 4 is 34.8 Å². The number of amides is 1. The lowest BCUT2D eigenvalue weighted by molar-refractivity contribution is -0.122. The van der Waals surface area contributed by atoms with Crippen molar-refractivity contribution in [3.05, 3.63) is 57.6 Å². The van der Waals surface area contributed by atoms with Gasteiger partial charge in [0.15, 0.2) is 6.10 Å². The van der Waals surface area contributed by atoms with Gasteiger partial charge in [-0.15, -0.1) is 0 Å². The molecule has 0 radical (unpaired) electrons. The largest absolute Gasteiger partial charge is 0.481 e. The summed E-state index contributed by atoms with van der Waals surface area (Å²) in [4.78, 5) is 12.4. The first kappa shape index (κ1) is 17.6. The summed E-state index contributed by atoms with van der Waals surface area (Å²) < 4.78 is 5.82. The molecular formula is C18H19Cl2NO2. The van der Waals surface area contributed by atoms with Gasteiger partial charge >= 0.3 is 0 Å². The van der Waals surface area contributed by atoms with Gasteiger partial charge in [-0.05, 0) is 61.7 Å². The smallest absolute Gasteiger partial charge is 0.265 e. The highest BCUT2D eigenvalue weighted by Gasteiger charge is 2.19. The molecule has 0 saturated carbocycles. The molecule has 0 aliphatic heterocycles. The number of carbonyl (C=O) groups excluding carboxylic acids is 1. The van der Waals surface area contributed by atoms with Crippen LogP contribution in [-0.4, -0.2) is 12.0 Å². The van der Waals surface area contributed by atoms with Crippen LogP contribution in [-0.2, 0) is 4.79 Å². The third kappa shape index (κ3) is 4.63. The molecule has 1 atom stereocenters. The summed E-state index contributed by atoms with van der Waals surface area (Å²) in [6, 6.07) is 10.8. The molecular weight excluding hydrogens is 333 g/mol. The third-order valence-corrected chi connectivity index (χ3v) is 4.35. The van der Waals surface area contributed by atoms with Gasteiger partial charge in [0, 0.05) is 5.69 Å². The molecule has 0 aliphatic carbocycles. The predicted molar refractivity (Wildman–Crippen MR) is 95.7 cm³/mol. The molecule has 0 fully saturated rings. The maximum Gasteiger partial charge on any atom is 0.265 e. The molecule has 23 heavy (non-hydrogen) atoms. The fourth-order valence-corrected chi connectivity index (χ4v) is 2.37. The Bertz CT molecular complexity index is 716. The summed E-state index contributed by atoms with van der Waals surface area (Å²) in [7, 11) is 0. The minimum atomic E-state index is -0.577. The van der Waals surface area contributed by atoms with Crippen LogP contribution in [0.4, 0.5) is 5.69 Å². The Morgan fingerprint density at radius 2 is 1.83 bits per heavy atom. The zero-order valence-corrected chi connectivity index (χ0v) is 14.8. The number of aryl methyl sites for hydroxylation is 2. The second-order valence-corrected chi connectivity index (χ2v) is 6.19. The van der Waals surface area contributed by atoms with E-state index in [9.17, 15) is 4.79 Å². The van der Waals surface area contributed by atoms with Crippen molar-refractivity contribution in [2.45, 2.75) is 33.3 Å². The molecule has 0 saturated heterocycles. The molecule has 0 heterocycles. The van der Waals surface area contributed by atoms with Crippen LogP contribution in [0.1, 0.15) is 24.5 Å². The molecule has 0 spiro atoms. The van der Waals surface area contributed by atoms with Gasteiger partial charge in [0.2, 0.25) is 0 Å². The fraction of sp³-hybridized carbons (Fsp3) is 0.278. The first-order valence-corrected chi connectivity index (χ1v) is 8.16. The van der Waals surface area contributed by atoms with Crippen molar-refractivity contribution in [2.24, 2.45) is 0 Å². The molecule has 2 aromatic rings. The molecule has 0 bridgehead atoms. The summed E-state index contributed by atoms with van der Waals surface area (Å²) in [5.41, 5.74) is 2.90. The van der Waals surface area contributed by atoms with Gasteiger partial charge < -0.3 is 10.1 Å². The first-order chi connectivity index (χ1) is 10.9. The van der Waals surface area contributed by atoms with Crippen molar-refractivity contribution in [3.63, 3.8) is 0 Å². The van der Waals surface area contributed by atoms with Gasteiger partial charge in [-0.1, -0.05) is 36.2 Å². The molecule has 2 aromatic carbocycles. The van der Waals surface area contributed by atoms with Gasteiger partial charge in [0.05, 0.1) is 10.0 Å². The van der Waals surface area contributed by atoms with Crippen LogP contribution >= 0.6 is 23.2 Å². The number of nitrogens with one attached hydrogen (secondary N) is 1. The normalized spacial score (nSPS) is 11.9. The van der Waals surface area contributed by atoms with E-state index >= 15 is 0 Å². The zero-order chi connectivity index (χ0) is 17.0. The number of anilines is 1. The Morgan fingerprint density at radius 1 is 1.09 bits per heavy atom. The maximum absolute atomic E-state index is 12.4. The zero-order valence-electron chi connectivity index (χ0n) is 13.3. The summed E-state index contributed by atoms with van der Waals surface area (Å²) in [5.74, 6) is 0.466. The number of halogens is 2. The van der Waals surface area contributed by atoms with E-state index in [1.807, 2.05) is 39.0 Å². The van der Waals surface area contributed by atoms with Crippen molar-refractivity contribution < 1.29 is 9.53 Å². The van der Waals surface area contributed by atoms with Crippen LogP contribution in [0.15, 0.2) is 36.4 Å². The van der Waals surface area contributed by atoms with E-state index in [1.54, 1.807) is 18.2 Å². The minimum absolute atomic E-state index is 0.218. The van der Waals surface area contributed by atoms with E-state index in [0.717, 1.165) is 5.56 Å². The minimum Gasteiger partial charge on any atom is -0.481 e. The summed E-state index contributed by atoms with van der Waals surface area (Å²) in [5, 5.41) is 3.64. The second-order valence-electron chi connectivity index (χ2n) is 5.38. The number of rotatable bonds is 5. The highest BCUT2D eigenvalue weighted by atomic mass is 35.5. The molecule has 2 rings (SSSR count). The van der Waals surface area contributed by atoms with Gasteiger partial charge in [0.1, 0.15) is 5.75 Å². The number of hydrogen-bond acceptors (Lipinski definition) is 2. The molecule has 0 aliphatic rings. The number of benzene rings is 2. The van der Waals surface area contributed by atoms with Crippen LogP contribution in [0.5, 0.6) is 5.75 Å². The van der Waals surface area contributed by atoms with E-state index in [-0.39, 0.29) is 5.91 Å². The Labute approximate surface area is 146 Å². The van der Waals surface area contributed by atoms with E-state index in [2.05, 4.69) is 5.32 Å². The molecule has 1 amide bonds. The van der Waals surface area contributed by atoms with Crippen molar-refractivity contribution in [1.29, 1.82) is 0 Å². The summed E-state index contributed by atoms with van der Waals surface area (Å²) >= 11 is 11.8. The van der Waals surface area contributed by atoms with Crippen LogP contribution in [0, 0.1) is 13.8 Å². The Hall–Kier alpha value is -1.71. The number of hydrogen-bond donors (Lipinski definition) is 1. The second kappa shape index (κ2) is 7.71. The van der Waals surface area contributed by atoms with Gasteiger partial charge in [0.25, 0.3) is 5.91 Å². The quantitative estimate of drug-likeness (QED) is 0.782. The highest BCUT2D eigenvalue weighted by Crippen LogP contribution is 2.25. The van der Waals surface area contributed by atoms with E-state index in [0.29, 0.717) is 27.9 Å². The number of carbonyl (C=O) groups is 1.